The predicted octanol–water partition coefficient (Wildman–Crippen LogP) is 5.61. The van der Waals surface area contributed by atoms with E-state index in [2.05, 4.69) is 24.4 Å². The number of carbonyl (C=O) groups excluding carboxylic acids is 1. The molecule has 170 valence electrons. The average Bonchev–Trinajstić information content (AvgIpc) is 2.66. The SMILES string of the molecule is CCCCCC[C@@H](O)C/C=C\CCCCCC(C)(NC(=O)CC)C(C)(C)C(=O)O. The Hall–Kier alpha value is -1.36. The van der Waals surface area contributed by atoms with Gasteiger partial charge in [0.1, 0.15) is 0 Å². The van der Waals surface area contributed by atoms with Crippen LogP contribution >= 0.6 is 0 Å². The molecular weight excluding hydrogens is 366 g/mol. The lowest BCUT2D eigenvalue weighted by Gasteiger charge is -2.42. The fraction of sp³-hybridized carbons (Fsp3) is 0.833. The van der Waals surface area contributed by atoms with Crippen LogP contribution in [0.5, 0.6) is 0 Å². The zero-order valence-corrected chi connectivity index (χ0v) is 19.4. The molecule has 5 heteroatoms. The van der Waals surface area contributed by atoms with E-state index in [0.29, 0.717) is 12.8 Å². The second-order valence-electron chi connectivity index (χ2n) is 8.97. The van der Waals surface area contributed by atoms with Crippen LogP contribution < -0.4 is 5.32 Å². The van der Waals surface area contributed by atoms with Crippen molar-refractivity contribution in [2.45, 2.75) is 123 Å². The highest BCUT2D eigenvalue weighted by Crippen LogP contribution is 2.35. The summed E-state index contributed by atoms with van der Waals surface area (Å²) in [5.41, 5.74) is -1.81. The summed E-state index contributed by atoms with van der Waals surface area (Å²) in [4.78, 5) is 23.6. The Kier molecular flexibility index (Phi) is 13.9. The van der Waals surface area contributed by atoms with E-state index < -0.39 is 16.9 Å². The number of carboxylic acid groups (broad SMARTS) is 1. The fourth-order valence-corrected chi connectivity index (χ4v) is 3.38. The number of carbonyl (C=O) groups is 2. The first-order valence-corrected chi connectivity index (χ1v) is 11.5. The van der Waals surface area contributed by atoms with Gasteiger partial charge in [-0.25, -0.2) is 0 Å². The second kappa shape index (κ2) is 14.6. The Morgan fingerprint density at radius 3 is 2.21 bits per heavy atom. The van der Waals surface area contributed by atoms with E-state index in [1.54, 1.807) is 20.8 Å². The van der Waals surface area contributed by atoms with Gasteiger partial charge in [-0.05, 0) is 52.9 Å². The molecule has 0 aromatic rings. The molecule has 0 heterocycles. The van der Waals surface area contributed by atoms with Crippen LogP contribution in [0.1, 0.15) is 112 Å². The van der Waals surface area contributed by atoms with E-state index in [1.807, 2.05) is 6.92 Å². The molecule has 0 spiro atoms. The molecule has 0 aliphatic rings. The zero-order valence-electron chi connectivity index (χ0n) is 19.4. The summed E-state index contributed by atoms with van der Waals surface area (Å²) < 4.78 is 0. The number of allylic oxidation sites excluding steroid dienone is 1. The van der Waals surface area contributed by atoms with Crippen molar-refractivity contribution in [1.29, 1.82) is 0 Å². The van der Waals surface area contributed by atoms with E-state index in [0.717, 1.165) is 44.9 Å². The third kappa shape index (κ3) is 10.8. The minimum Gasteiger partial charge on any atom is -0.481 e. The number of aliphatic hydroxyl groups is 1. The number of hydrogen-bond donors (Lipinski definition) is 3. The minimum atomic E-state index is -1.04. The lowest BCUT2D eigenvalue weighted by molar-refractivity contribution is -0.152. The van der Waals surface area contributed by atoms with Gasteiger partial charge in [0, 0.05) is 6.42 Å². The number of aliphatic carboxylic acids is 1. The number of aliphatic hydroxyl groups excluding tert-OH is 1. The van der Waals surface area contributed by atoms with Crippen molar-refractivity contribution in [2.75, 3.05) is 0 Å². The standard InChI is InChI=1S/C24H45NO4/c1-6-8-9-14-17-20(26)18-15-12-10-11-13-16-19-24(5,25-21(27)7-2)23(3,4)22(28)29/h12,15,20,26H,6-11,13-14,16-19H2,1-5H3,(H,25,27)(H,28,29)/b15-12-/t20-,24?/m1/s1. The molecule has 0 aliphatic heterocycles. The van der Waals surface area contributed by atoms with E-state index in [4.69, 9.17) is 0 Å². The Labute approximate surface area is 178 Å². The van der Waals surface area contributed by atoms with Crippen molar-refractivity contribution < 1.29 is 19.8 Å². The third-order valence-electron chi connectivity index (χ3n) is 6.16. The maximum Gasteiger partial charge on any atom is 0.311 e. The molecule has 1 unspecified atom stereocenters. The smallest absolute Gasteiger partial charge is 0.311 e. The van der Waals surface area contributed by atoms with Crippen LogP contribution in [0.15, 0.2) is 12.2 Å². The highest BCUT2D eigenvalue weighted by atomic mass is 16.4. The fourth-order valence-electron chi connectivity index (χ4n) is 3.38. The van der Waals surface area contributed by atoms with Crippen molar-refractivity contribution in [3.8, 4) is 0 Å². The number of carboxylic acids is 1. The Bertz CT molecular complexity index is 501. The largest absolute Gasteiger partial charge is 0.481 e. The lowest BCUT2D eigenvalue weighted by Crippen LogP contribution is -2.58. The zero-order chi connectivity index (χ0) is 22.3. The van der Waals surface area contributed by atoms with Gasteiger partial charge in [0.15, 0.2) is 0 Å². The van der Waals surface area contributed by atoms with Gasteiger partial charge in [-0.15, -0.1) is 0 Å². The summed E-state index contributed by atoms with van der Waals surface area (Å²) in [5, 5.41) is 22.5. The highest BCUT2D eigenvalue weighted by molar-refractivity contribution is 5.80. The van der Waals surface area contributed by atoms with Gasteiger partial charge in [-0.1, -0.05) is 64.5 Å². The lowest BCUT2D eigenvalue weighted by atomic mass is 9.70. The quantitative estimate of drug-likeness (QED) is 0.214. The van der Waals surface area contributed by atoms with Crippen molar-refractivity contribution in [3.63, 3.8) is 0 Å². The maximum atomic E-state index is 11.9. The summed E-state index contributed by atoms with van der Waals surface area (Å²) in [7, 11) is 0. The molecule has 0 aromatic heterocycles. The normalized spacial score (nSPS) is 15.2. The van der Waals surface area contributed by atoms with Crippen LogP contribution in [0, 0.1) is 5.41 Å². The van der Waals surface area contributed by atoms with Crippen molar-refractivity contribution in [1.82, 2.24) is 5.32 Å². The summed E-state index contributed by atoms with van der Waals surface area (Å²) in [6.45, 7) is 9.17. The first-order chi connectivity index (χ1) is 13.6. The topological polar surface area (TPSA) is 86.6 Å². The molecule has 0 rings (SSSR count). The van der Waals surface area contributed by atoms with Crippen molar-refractivity contribution >= 4 is 11.9 Å². The highest BCUT2D eigenvalue weighted by Gasteiger charge is 2.47. The Morgan fingerprint density at radius 2 is 1.62 bits per heavy atom. The number of hydrogen-bond acceptors (Lipinski definition) is 3. The first-order valence-electron chi connectivity index (χ1n) is 11.5. The molecular formula is C24H45NO4. The van der Waals surface area contributed by atoms with E-state index >= 15 is 0 Å². The molecule has 0 fully saturated rings. The number of amides is 1. The molecule has 5 nitrogen and oxygen atoms in total. The van der Waals surface area contributed by atoms with Gasteiger partial charge in [0.25, 0.3) is 0 Å². The van der Waals surface area contributed by atoms with Crippen LogP contribution in [0.25, 0.3) is 0 Å². The van der Waals surface area contributed by atoms with Crippen molar-refractivity contribution in [3.05, 3.63) is 12.2 Å². The minimum absolute atomic E-state index is 0.113. The van der Waals surface area contributed by atoms with Gasteiger partial charge in [0.05, 0.1) is 17.1 Å². The maximum absolute atomic E-state index is 11.9. The molecule has 0 bridgehead atoms. The second-order valence-corrected chi connectivity index (χ2v) is 8.97. The van der Waals surface area contributed by atoms with Crippen LogP contribution in [0.3, 0.4) is 0 Å². The summed E-state index contributed by atoms with van der Waals surface area (Å²) in [6, 6.07) is 0. The van der Waals surface area contributed by atoms with Crippen LogP contribution in [-0.2, 0) is 9.59 Å². The molecule has 0 aliphatic carbocycles. The average molecular weight is 412 g/mol. The molecule has 0 radical (unpaired) electrons. The van der Waals surface area contributed by atoms with Crippen LogP contribution in [-0.4, -0.2) is 33.7 Å². The van der Waals surface area contributed by atoms with Crippen LogP contribution in [0.4, 0.5) is 0 Å². The molecule has 0 saturated carbocycles. The van der Waals surface area contributed by atoms with Gasteiger partial charge >= 0.3 is 5.97 Å². The molecule has 0 aromatic carbocycles. The van der Waals surface area contributed by atoms with E-state index in [-0.39, 0.29) is 12.0 Å². The Morgan fingerprint density at radius 1 is 0.966 bits per heavy atom. The molecule has 1 amide bonds. The van der Waals surface area contributed by atoms with Gasteiger partial charge in [-0.2, -0.15) is 0 Å². The van der Waals surface area contributed by atoms with Gasteiger partial charge in [-0.3, -0.25) is 9.59 Å². The molecule has 0 saturated heterocycles. The molecule has 2 atom stereocenters. The summed E-state index contributed by atoms with van der Waals surface area (Å²) in [5.74, 6) is -1.01. The molecule has 3 N–H and O–H groups in total. The first kappa shape index (κ1) is 27.6. The number of nitrogens with one attached hydrogen (secondary N) is 1. The summed E-state index contributed by atoms with van der Waals surface area (Å²) >= 11 is 0. The number of unbranched alkanes of at least 4 members (excludes halogenated alkanes) is 6. The third-order valence-corrected chi connectivity index (χ3v) is 6.16. The summed E-state index contributed by atoms with van der Waals surface area (Å²) in [6.07, 6.45) is 15.2. The predicted molar refractivity (Wildman–Crippen MR) is 120 cm³/mol. The van der Waals surface area contributed by atoms with E-state index in [9.17, 15) is 19.8 Å². The number of rotatable bonds is 17. The van der Waals surface area contributed by atoms with Gasteiger partial charge < -0.3 is 15.5 Å². The van der Waals surface area contributed by atoms with E-state index in [1.165, 1.54) is 19.3 Å². The monoisotopic (exact) mass is 411 g/mol. The van der Waals surface area contributed by atoms with Crippen molar-refractivity contribution in [2.24, 2.45) is 5.41 Å². The van der Waals surface area contributed by atoms with Gasteiger partial charge in [0.2, 0.25) is 5.91 Å². The molecule has 29 heavy (non-hydrogen) atoms. The Balaban J connectivity index is 4.24. The van der Waals surface area contributed by atoms with Crippen LogP contribution in [0.2, 0.25) is 0 Å².